The minimum atomic E-state index is 0.225. The molecule has 1 atom stereocenters. The fourth-order valence-electron chi connectivity index (χ4n) is 4.66. The summed E-state index contributed by atoms with van der Waals surface area (Å²) in [5.74, 6) is 2.42. The van der Waals surface area contributed by atoms with Gasteiger partial charge >= 0.3 is 6.03 Å². The number of likely N-dealkylation sites (tertiary alicyclic amines) is 3. The van der Waals surface area contributed by atoms with Gasteiger partial charge in [-0.3, -0.25) is 4.90 Å². The summed E-state index contributed by atoms with van der Waals surface area (Å²) in [4.78, 5) is 19.3. The first kappa shape index (κ1) is 17.8. The standard InChI is InChI=1S/C19H32N6O/c1-22-17(15-23-9-3-2-4-10-23)20-21-18(22)16-8-7-13-25(14-16)19(26)24-11-5-6-12-24/h16H,2-15H2,1H3/t16-/m0/s1. The van der Waals surface area contributed by atoms with Gasteiger partial charge in [0.15, 0.2) is 0 Å². The Bertz CT molecular complexity index is 618. The van der Waals surface area contributed by atoms with Crippen molar-refractivity contribution in [2.45, 2.75) is 57.4 Å². The molecule has 0 saturated carbocycles. The van der Waals surface area contributed by atoms with E-state index in [1.54, 1.807) is 0 Å². The molecule has 3 saturated heterocycles. The quantitative estimate of drug-likeness (QED) is 0.829. The molecule has 0 unspecified atom stereocenters. The van der Waals surface area contributed by atoms with Crippen LogP contribution >= 0.6 is 0 Å². The van der Waals surface area contributed by atoms with Crippen LogP contribution in [-0.4, -0.2) is 74.8 Å². The molecule has 0 aromatic carbocycles. The third-order valence-electron chi connectivity index (χ3n) is 6.25. The Kier molecular flexibility index (Phi) is 5.43. The average Bonchev–Trinajstić information content (AvgIpc) is 3.33. The minimum Gasteiger partial charge on any atom is -0.325 e. The van der Waals surface area contributed by atoms with E-state index in [-0.39, 0.29) is 6.03 Å². The molecular formula is C19H32N6O. The van der Waals surface area contributed by atoms with E-state index in [2.05, 4.69) is 26.7 Å². The lowest BCUT2D eigenvalue weighted by Gasteiger charge is -2.34. The monoisotopic (exact) mass is 360 g/mol. The Morgan fingerprint density at radius 1 is 0.923 bits per heavy atom. The van der Waals surface area contributed by atoms with E-state index in [1.807, 2.05) is 9.80 Å². The van der Waals surface area contributed by atoms with Crippen LogP contribution in [0.2, 0.25) is 0 Å². The Balaban J connectivity index is 1.41. The predicted octanol–water partition coefficient (Wildman–Crippen LogP) is 2.20. The lowest BCUT2D eigenvalue weighted by atomic mass is 9.97. The van der Waals surface area contributed by atoms with Crippen molar-refractivity contribution < 1.29 is 4.79 Å². The van der Waals surface area contributed by atoms with Gasteiger partial charge in [0.1, 0.15) is 11.6 Å². The van der Waals surface area contributed by atoms with Gasteiger partial charge in [0.25, 0.3) is 0 Å². The van der Waals surface area contributed by atoms with Crippen LogP contribution in [0.25, 0.3) is 0 Å². The number of rotatable bonds is 3. The number of aromatic nitrogens is 3. The number of amides is 2. The largest absolute Gasteiger partial charge is 0.325 e. The van der Waals surface area contributed by atoms with Crippen molar-refractivity contribution in [2.75, 3.05) is 39.3 Å². The Morgan fingerprint density at radius 2 is 1.62 bits per heavy atom. The zero-order valence-electron chi connectivity index (χ0n) is 16.1. The van der Waals surface area contributed by atoms with E-state index in [9.17, 15) is 4.79 Å². The average molecular weight is 361 g/mol. The van der Waals surface area contributed by atoms with Gasteiger partial charge in [-0.1, -0.05) is 6.42 Å². The number of urea groups is 1. The maximum Gasteiger partial charge on any atom is 0.320 e. The predicted molar refractivity (Wildman–Crippen MR) is 99.9 cm³/mol. The molecule has 2 amide bonds. The molecule has 3 aliphatic rings. The van der Waals surface area contributed by atoms with Crippen LogP contribution in [0.3, 0.4) is 0 Å². The van der Waals surface area contributed by atoms with E-state index in [4.69, 9.17) is 0 Å². The minimum absolute atomic E-state index is 0.225. The van der Waals surface area contributed by atoms with Gasteiger partial charge in [-0.2, -0.15) is 0 Å². The molecule has 7 heteroatoms. The van der Waals surface area contributed by atoms with E-state index in [0.717, 1.165) is 70.1 Å². The van der Waals surface area contributed by atoms with Crippen molar-refractivity contribution in [1.82, 2.24) is 29.5 Å². The molecule has 0 spiro atoms. The summed E-state index contributed by atoms with van der Waals surface area (Å²) < 4.78 is 2.18. The molecule has 3 fully saturated rings. The molecule has 144 valence electrons. The maximum atomic E-state index is 12.7. The van der Waals surface area contributed by atoms with Gasteiger partial charge in [0.2, 0.25) is 0 Å². The first-order valence-corrected chi connectivity index (χ1v) is 10.4. The fourth-order valence-corrected chi connectivity index (χ4v) is 4.66. The third-order valence-corrected chi connectivity index (χ3v) is 6.25. The van der Waals surface area contributed by atoms with Gasteiger partial charge in [0, 0.05) is 39.1 Å². The van der Waals surface area contributed by atoms with Crippen LogP contribution in [0.5, 0.6) is 0 Å². The summed E-state index contributed by atoms with van der Waals surface area (Å²) in [7, 11) is 2.09. The lowest BCUT2D eigenvalue weighted by molar-refractivity contribution is 0.145. The van der Waals surface area contributed by atoms with Gasteiger partial charge in [-0.15, -0.1) is 10.2 Å². The Morgan fingerprint density at radius 3 is 2.38 bits per heavy atom. The molecule has 4 heterocycles. The molecule has 0 aliphatic carbocycles. The Hall–Kier alpha value is -1.63. The molecule has 0 bridgehead atoms. The van der Waals surface area contributed by atoms with Crippen LogP contribution in [0, 0.1) is 0 Å². The summed E-state index contributed by atoms with van der Waals surface area (Å²) >= 11 is 0. The van der Waals surface area contributed by atoms with Gasteiger partial charge in [-0.05, 0) is 51.6 Å². The smallest absolute Gasteiger partial charge is 0.320 e. The number of hydrogen-bond donors (Lipinski definition) is 0. The summed E-state index contributed by atoms with van der Waals surface area (Å²) in [5, 5.41) is 9.02. The highest BCUT2D eigenvalue weighted by Crippen LogP contribution is 2.27. The van der Waals surface area contributed by atoms with Crippen molar-refractivity contribution in [3.05, 3.63) is 11.6 Å². The van der Waals surface area contributed by atoms with E-state index in [1.165, 1.54) is 32.4 Å². The summed E-state index contributed by atoms with van der Waals surface area (Å²) in [6, 6.07) is 0.225. The second kappa shape index (κ2) is 7.94. The SMILES string of the molecule is Cn1c(CN2CCCCC2)nnc1[C@H]1CCCN(C(=O)N2CCCC2)C1. The fraction of sp³-hybridized carbons (Fsp3) is 0.842. The number of carbonyl (C=O) groups is 1. The van der Waals surface area contributed by atoms with Gasteiger partial charge in [-0.25, -0.2) is 4.79 Å². The number of nitrogens with zero attached hydrogens (tertiary/aromatic N) is 6. The molecule has 3 aliphatic heterocycles. The van der Waals surface area contributed by atoms with Crippen LogP contribution < -0.4 is 0 Å². The van der Waals surface area contributed by atoms with Crippen molar-refractivity contribution in [3.63, 3.8) is 0 Å². The maximum absolute atomic E-state index is 12.7. The molecule has 1 aromatic heterocycles. The highest BCUT2D eigenvalue weighted by molar-refractivity contribution is 5.74. The van der Waals surface area contributed by atoms with Crippen LogP contribution in [0.1, 0.15) is 62.5 Å². The molecular weight excluding hydrogens is 328 g/mol. The molecule has 1 aromatic rings. The molecule has 26 heavy (non-hydrogen) atoms. The van der Waals surface area contributed by atoms with Crippen molar-refractivity contribution >= 4 is 6.03 Å². The molecule has 7 nitrogen and oxygen atoms in total. The second-order valence-electron chi connectivity index (χ2n) is 8.13. The van der Waals surface area contributed by atoms with Crippen LogP contribution in [-0.2, 0) is 13.6 Å². The molecule has 0 N–H and O–H groups in total. The van der Waals surface area contributed by atoms with E-state index >= 15 is 0 Å². The zero-order chi connectivity index (χ0) is 17.9. The number of piperidine rings is 2. The molecule has 0 radical (unpaired) electrons. The summed E-state index contributed by atoms with van der Waals surface area (Å²) in [5.41, 5.74) is 0. The van der Waals surface area contributed by atoms with E-state index in [0.29, 0.717) is 5.92 Å². The van der Waals surface area contributed by atoms with Crippen LogP contribution in [0.4, 0.5) is 4.79 Å². The third kappa shape index (κ3) is 3.72. The van der Waals surface area contributed by atoms with Gasteiger partial charge < -0.3 is 14.4 Å². The topological polar surface area (TPSA) is 57.5 Å². The zero-order valence-corrected chi connectivity index (χ0v) is 16.1. The second-order valence-corrected chi connectivity index (χ2v) is 8.13. The highest BCUT2D eigenvalue weighted by atomic mass is 16.2. The Labute approximate surface area is 156 Å². The highest BCUT2D eigenvalue weighted by Gasteiger charge is 2.31. The summed E-state index contributed by atoms with van der Waals surface area (Å²) in [6.45, 7) is 6.74. The van der Waals surface area contributed by atoms with Crippen molar-refractivity contribution in [2.24, 2.45) is 7.05 Å². The summed E-state index contributed by atoms with van der Waals surface area (Å²) in [6.07, 6.45) is 8.38. The first-order valence-electron chi connectivity index (χ1n) is 10.4. The lowest BCUT2D eigenvalue weighted by Crippen LogP contribution is -2.46. The van der Waals surface area contributed by atoms with Crippen molar-refractivity contribution in [1.29, 1.82) is 0 Å². The van der Waals surface area contributed by atoms with Gasteiger partial charge in [0.05, 0.1) is 6.54 Å². The first-order chi connectivity index (χ1) is 12.7. The number of hydrogen-bond acceptors (Lipinski definition) is 4. The van der Waals surface area contributed by atoms with Crippen LogP contribution in [0.15, 0.2) is 0 Å². The normalized spacial score (nSPS) is 25.0. The van der Waals surface area contributed by atoms with Crippen molar-refractivity contribution in [3.8, 4) is 0 Å². The number of carbonyl (C=O) groups excluding carboxylic acids is 1. The molecule has 4 rings (SSSR count). The van der Waals surface area contributed by atoms with E-state index < -0.39 is 0 Å².